The fourth-order valence-electron chi connectivity index (χ4n) is 2.21. The van der Waals surface area contributed by atoms with Crippen LogP contribution >= 0.6 is 0 Å². The quantitative estimate of drug-likeness (QED) is 0.730. The molecule has 1 N–H and O–H groups in total. The van der Waals surface area contributed by atoms with Crippen LogP contribution in [-0.4, -0.2) is 58.9 Å². The van der Waals surface area contributed by atoms with Gasteiger partial charge in [-0.1, -0.05) is 0 Å². The second-order valence-corrected chi connectivity index (χ2v) is 4.47. The van der Waals surface area contributed by atoms with Gasteiger partial charge in [-0.3, -0.25) is 9.59 Å². The fraction of sp³-hybridized carbons (Fsp3) is 0.667. The molecule has 6 heteroatoms. The van der Waals surface area contributed by atoms with Crippen molar-refractivity contribution in [2.75, 3.05) is 19.7 Å². The van der Waals surface area contributed by atoms with Crippen molar-refractivity contribution < 1.29 is 19.4 Å². The molecule has 0 aliphatic carbocycles. The molecule has 2 heterocycles. The van der Waals surface area contributed by atoms with Crippen LogP contribution in [0.25, 0.3) is 0 Å². The molecule has 6 nitrogen and oxygen atoms in total. The first kappa shape index (κ1) is 13.0. The van der Waals surface area contributed by atoms with Gasteiger partial charge in [0.05, 0.1) is 6.61 Å². The average Bonchev–Trinajstić information content (AvgIpc) is 2.89. The molecule has 2 amide bonds. The minimum absolute atomic E-state index is 0.112. The molecule has 2 rings (SSSR count). The van der Waals surface area contributed by atoms with E-state index in [4.69, 9.17) is 4.74 Å². The highest BCUT2D eigenvalue weighted by molar-refractivity contribution is 5.90. The van der Waals surface area contributed by atoms with E-state index in [0.29, 0.717) is 19.6 Å². The largest absolute Gasteiger partial charge is 0.370 e. The summed E-state index contributed by atoms with van der Waals surface area (Å²) in [5, 5.41) is 9.48. The van der Waals surface area contributed by atoms with Crippen molar-refractivity contribution in [3.8, 4) is 0 Å². The number of hydrogen-bond acceptors (Lipinski definition) is 4. The second-order valence-electron chi connectivity index (χ2n) is 4.47. The van der Waals surface area contributed by atoms with Crippen LogP contribution < -0.4 is 0 Å². The molecular weight excluding hydrogens is 236 g/mol. The summed E-state index contributed by atoms with van der Waals surface area (Å²) in [6.07, 6.45) is 3.11. The van der Waals surface area contributed by atoms with E-state index in [2.05, 4.69) is 0 Å². The van der Waals surface area contributed by atoms with Crippen molar-refractivity contribution in [1.29, 1.82) is 0 Å². The van der Waals surface area contributed by atoms with Gasteiger partial charge in [-0.05, 0) is 19.4 Å². The van der Waals surface area contributed by atoms with Crippen LogP contribution in [0.5, 0.6) is 0 Å². The Morgan fingerprint density at radius 1 is 1.56 bits per heavy atom. The maximum Gasteiger partial charge on any atom is 0.248 e. The van der Waals surface area contributed by atoms with Gasteiger partial charge in [-0.25, -0.2) is 0 Å². The lowest BCUT2D eigenvalue weighted by atomic mass is 10.4. The number of rotatable bonds is 5. The van der Waals surface area contributed by atoms with Crippen LogP contribution in [0.15, 0.2) is 12.2 Å². The van der Waals surface area contributed by atoms with Crippen molar-refractivity contribution in [3.05, 3.63) is 12.2 Å². The van der Waals surface area contributed by atoms with Crippen LogP contribution in [0, 0.1) is 0 Å². The Bertz CT molecular complexity index is 369. The summed E-state index contributed by atoms with van der Waals surface area (Å²) in [6.45, 7) is 3.17. The second kappa shape index (κ2) is 5.49. The summed E-state index contributed by atoms with van der Waals surface area (Å²) in [7, 11) is 0. The lowest BCUT2D eigenvalue weighted by molar-refractivity contribution is -0.143. The molecule has 1 saturated heterocycles. The van der Waals surface area contributed by atoms with E-state index in [1.165, 1.54) is 17.1 Å². The van der Waals surface area contributed by atoms with Crippen molar-refractivity contribution >= 4 is 11.8 Å². The number of likely N-dealkylation sites (tertiary alicyclic amines) is 1. The van der Waals surface area contributed by atoms with Crippen LogP contribution in [-0.2, 0) is 14.3 Å². The number of carbonyl (C=O) groups is 2. The van der Waals surface area contributed by atoms with E-state index in [9.17, 15) is 14.7 Å². The van der Waals surface area contributed by atoms with Crippen LogP contribution in [0.4, 0.5) is 0 Å². The Hall–Kier alpha value is -1.40. The number of nitrogens with zero attached hydrogens (tertiary/aromatic N) is 2. The van der Waals surface area contributed by atoms with Crippen molar-refractivity contribution in [3.63, 3.8) is 0 Å². The van der Waals surface area contributed by atoms with Gasteiger partial charge in [0.1, 0.15) is 12.5 Å². The molecule has 2 aliphatic rings. The summed E-state index contributed by atoms with van der Waals surface area (Å²) in [5.74, 6) is -0.0996. The zero-order valence-electron chi connectivity index (χ0n) is 10.4. The Labute approximate surface area is 106 Å². The van der Waals surface area contributed by atoms with Gasteiger partial charge in [0, 0.05) is 25.6 Å². The predicted octanol–water partition coefficient (Wildman–Crippen LogP) is -0.312. The van der Waals surface area contributed by atoms with Crippen molar-refractivity contribution in [1.82, 2.24) is 9.80 Å². The highest BCUT2D eigenvalue weighted by Gasteiger charge is 2.27. The Morgan fingerprint density at radius 3 is 2.89 bits per heavy atom. The van der Waals surface area contributed by atoms with E-state index in [1.54, 1.807) is 4.90 Å². The van der Waals surface area contributed by atoms with Gasteiger partial charge in [0.2, 0.25) is 11.8 Å². The lowest BCUT2D eigenvalue weighted by Crippen LogP contribution is -2.40. The van der Waals surface area contributed by atoms with Gasteiger partial charge < -0.3 is 19.6 Å². The third kappa shape index (κ3) is 2.70. The van der Waals surface area contributed by atoms with E-state index < -0.39 is 6.23 Å². The van der Waals surface area contributed by atoms with Gasteiger partial charge in [-0.2, -0.15) is 0 Å². The zero-order valence-corrected chi connectivity index (χ0v) is 10.4. The molecule has 100 valence electrons. The topological polar surface area (TPSA) is 70.1 Å². The smallest absolute Gasteiger partial charge is 0.248 e. The highest BCUT2D eigenvalue weighted by Crippen LogP contribution is 2.14. The van der Waals surface area contributed by atoms with E-state index >= 15 is 0 Å². The van der Waals surface area contributed by atoms with Crippen molar-refractivity contribution in [2.45, 2.75) is 32.2 Å². The molecule has 0 saturated carbocycles. The minimum Gasteiger partial charge on any atom is -0.370 e. The van der Waals surface area contributed by atoms with Crippen LogP contribution in [0.2, 0.25) is 0 Å². The molecule has 0 aromatic heterocycles. The molecule has 2 unspecified atom stereocenters. The van der Waals surface area contributed by atoms with Gasteiger partial charge >= 0.3 is 0 Å². The molecule has 0 spiro atoms. The first-order valence-corrected chi connectivity index (χ1v) is 6.17. The SMILES string of the molecule is CC(OCCN1C(=O)C=CC1O)N1CCCC1=O. The minimum atomic E-state index is -0.857. The van der Waals surface area contributed by atoms with Crippen LogP contribution in [0.1, 0.15) is 19.8 Å². The van der Waals surface area contributed by atoms with E-state index in [1.807, 2.05) is 6.92 Å². The molecule has 0 radical (unpaired) electrons. The number of ether oxygens (including phenoxy) is 1. The molecule has 0 bridgehead atoms. The van der Waals surface area contributed by atoms with E-state index in [0.717, 1.165) is 13.0 Å². The summed E-state index contributed by atoms with van der Waals surface area (Å²) >= 11 is 0. The average molecular weight is 254 g/mol. The zero-order chi connectivity index (χ0) is 13.1. The lowest BCUT2D eigenvalue weighted by Gasteiger charge is -2.26. The first-order chi connectivity index (χ1) is 8.59. The molecule has 0 aromatic rings. The van der Waals surface area contributed by atoms with Crippen molar-refractivity contribution in [2.24, 2.45) is 0 Å². The van der Waals surface area contributed by atoms with Gasteiger partial charge in [0.15, 0.2) is 0 Å². The fourth-order valence-corrected chi connectivity index (χ4v) is 2.21. The molecule has 18 heavy (non-hydrogen) atoms. The third-order valence-electron chi connectivity index (χ3n) is 3.25. The molecule has 0 aromatic carbocycles. The molecule has 2 atom stereocenters. The summed E-state index contributed by atoms with van der Waals surface area (Å²) in [4.78, 5) is 25.8. The Balaban J connectivity index is 1.72. The number of carbonyl (C=O) groups excluding carboxylic acids is 2. The van der Waals surface area contributed by atoms with Gasteiger partial charge in [-0.15, -0.1) is 0 Å². The maximum absolute atomic E-state index is 11.5. The number of amides is 2. The van der Waals surface area contributed by atoms with E-state index in [-0.39, 0.29) is 18.0 Å². The number of aliphatic hydroxyl groups excluding tert-OH is 1. The summed E-state index contributed by atoms with van der Waals surface area (Å²) < 4.78 is 5.53. The monoisotopic (exact) mass is 254 g/mol. The molecular formula is C12H18N2O4. The highest BCUT2D eigenvalue weighted by atomic mass is 16.5. The van der Waals surface area contributed by atoms with Crippen LogP contribution in [0.3, 0.4) is 0 Å². The van der Waals surface area contributed by atoms with Gasteiger partial charge in [0.25, 0.3) is 0 Å². The standard InChI is InChI=1S/C12H18N2O4/c1-9(13-6-2-3-10(13)15)18-8-7-14-11(16)4-5-12(14)17/h4-5,9,11,16H,2-3,6-8H2,1H3. The normalized spacial score (nSPS) is 25.3. The third-order valence-corrected chi connectivity index (χ3v) is 3.25. The first-order valence-electron chi connectivity index (χ1n) is 6.17. The number of aliphatic hydroxyl groups is 1. The molecule has 1 fully saturated rings. The maximum atomic E-state index is 11.5. The Kier molecular flexibility index (Phi) is 3.98. The number of hydrogen-bond donors (Lipinski definition) is 1. The Morgan fingerprint density at radius 2 is 2.33 bits per heavy atom. The summed E-state index contributed by atoms with van der Waals surface area (Å²) in [6, 6.07) is 0. The molecule has 2 aliphatic heterocycles. The summed E-state index contributed by atoms with van der Waals surface area (Å²) in [5.41, 5.74) is 0. The predicted molar refractivity (Wildman–Crippen MR) is 63.2 cm³/mol.